The molecule has 1 fully saturated rings. The molecule has 0 N–H and O–H groups in total. The molecule has 1 aromatic rings. The molecule has 0 saturated carbocycles. The van der Waals surface area contributed by atoms with Crippen molar-refractivity contribution in [3.8, 4) is 0 Å². The Balaban J connectivity index is 1.92. The van der Waals surface area contributed by atoms with Gasteiger partial charge in [-0.2, -0.15) is 0 Å². The van der Waals surface area contributed by atoms with Crippen molar-refractivity contribution in [3.63, 3.8) is 0 Å². The van der Waals surface area contributed by atoms with E-state index in [9.17, 15) is 4.79 Å². The normalized spacial score (nSPS) is 22.7. The molecule has 110 valence electrons. The van der Waals surface area contributed by atoms with Gasteiger partial charge in [-0.15, -0.1) is 0 Å². The molecule has 3 nitrogen and oxygen atoms in total. The average molecular weight is 296 g/mol. The summed E-state index contributed by atoms with van der Waals surface area (Å²) in [6.07, 6.45) is 0.696. The number of ether oxygens (including phenoxy) is 1. The second-order valence-electron chi connectivity index (χ2n) is 6.08. The third-order valence-corrected chi connectivity index (χ3v) is 3.80. The lowest BCUT2D eigenvalue weighted by Gasteiger charge is -2.41. The molecule has 1 aliphatic rings. The molecule has 2 rings (SSSR count). The van der Waals surface area contributed by atoms with Crippen molar-refractivity contribution in [2.45, 2.75) is 38.9 Å². The van der Waals surface area contributed by atoms with Gasteiger partial charge in [0.05, 0.1) is 16.7 Å². The summed E-state index contributed by atoms with van der Waals surface area (Å²) in [7, 11) is 0. The standard InChI is InChI=1S/C16H22ClNO2/c1-12-10-18(11-16(2,3)20-12)9-8-15(19)13-6-4-5-7-14(13)17/h4-7,12H,8-11H2,1-3H3. The summed E-state index contributed by atoms with van der Waals surface area (Å²) in [4.78, 5) is 14.5. The number of hydrogen-bond donors (Lipinski definition) is 0. The summed E-state index contributed by atoms with van der Waals surface area (Å²) in [5, 5.41) is 0.535. The summed E-state index contributed by atoms with van der Waals surface area (Å²) < 4.78 is 5.87. The predicted molar refractivity (Wildman–Crippen MR) is 81.5 cm³/mol. The lowest BCUT2D eigenvalue weighted by atomic mass is 10.0. The fourth-order valence-corrected chi connectivity index (χ4v) is 3.08. The van der Waals surface area contributed by atoms with E-state index in [4.69, 9.17) is 16.3 Å². The Hall–Kier alpha value is -0.900. The number of ketones is 1. The number of morpholine rings is 1. The Morgan fingerprint density at radius 1 is 1.45 bits per heavy atom. The summed E-state index contributed by atoms with van der Waals surface area (Å²) in [5.74, 6) is 0.104. The number of rotatable bonds is 4. The maximum absolute atomic E-state index is 12.2. The van der Waals surface area contributed by atoms with Crippen LogP contribution in [0.25, 0.3) is 0 Å². The molecular formula is C16H22ClNO2. The molecule has 1 saturated heterocycles. The zero-order valence-electron chi connectivity index (χ0n) is 12.4. The van der Waals surface area contributed by atoms with E-state index in [-0.39, 0.29) is 17.5 Å². The molecule has 1 aromatic carbocycles. The minimum Gasteiger partial charge on any atom is -0.370 e. The van der Waals surface area contributed by atoms with Crippen LogP contribution in [0, 0.1) is 0 Å². The topological polar surface area (TPSA) is 29.5 Å². The number of benzene rings is 1. The van der Waals surface area contributed by atoms with Crippen LogP contribution >= 0.6 is 11.6 Å². The quantitative estimate of drug-likeness (QED) is 0.797. The van der Waals surface area contributed by atoms with E-state index in [1.165, 1.54) is 0 Å². The van der Waals surface area contributed by atoms with Gasteiger partial charge in [-0.1, -0.05) is 23.7 Å². The van der Waals surface area contributed by atoms with Gasteiger partial charge in [-0.25, -0.2) is 0 Å². The van der Waals surface area contributed by atoms with Crippen molar-refractivity contribution >= 4 is 17.4 Å². The number of nitrogens with zero attached hydrogens (tertiary/aromatic N) is 1. The largest absolute Gasteiger partial charge is 0.370 e. The number of halogens is 1. The van der Waals surface area contributed by atoms with Crippen molar-refractivity contribution in [2.24, 2.45) is 0 Å². The number of hydrogen-bond acceptors (Lipinski definition) is 3. The van der Waals surface area contributed by atoms with E-state index in [0.29, 0.717) is 17.0 Å². The van der Waals surface area contributed by atoms with E-state index in [1.807, 2.05) is 12.1 Å². The molecule has 0 bridgehead atoms. The van der Waals surface area contributed by atoms with Gasteiger partial charge in [0.25, 0.3) is 0 Å². The van der Waals surface area contributed by atoms with Gasteiger partial charge in [-0.3, -0.25) is 9.69 Å². The Kier molecular flexibility index (Phi) is 4.84. The van der Waals surface area contributed by atoms with Crippen LogP contribution in [-0.4, -0.2) is 42.0 Å². The summed E-state index contributed by atoms with van der Waals surface area (Å²) in [6.45, 7) is 8.73. The second-order valence-corrected chi connectivity index (χ2v) is 6.48. The highest BCUT2D eigenvalue weighted by Crippen LogP contribution is 2.22. The van der Waals surface area contributed by atoms with Crippen LogP contribution in [0.3, 0.4) is 0 Å². The highest BCUT2D eigenvalue weighted by atomic mass is 35.5. The highest BCUT2D eigenvalue weighted by molar-refractivity contribution is 6.33. The van der Waals surface area contributed by atoms with E-state index in [1.54, 1.807) is 12.1 Å². The SMILES string of the molecule is CC1CN(CCC(=O)c2ccccc2Cl)CC(C)(C)O1. The number of carbonyl (C=O) groups is 1. The van der Waals surface area contributed by atoms with Crippen LogP contribution in [0.15, 0.2) is 24.3 Å². The molecule has 0 amide bonds. The first-order valence-corrected chi connectivity index (χ1v) is 7.43. The van der Waals surface area contributed by atoms with Crippen molar-refractivity contribution in [3.05, 3.63) is 34.9 Å². The van der Waals surface area contributed by atoms with Gasteiger partial charge in [-0.05, 0) is 32.9 Å². The van der Waals surface area contributed by atoms with Crippen LogP contribution in [0.4, 0.5) is 0 Å². The second kappa shape index (κ2) is 6.25. The molecule has 1 aliphatic heterocycles. The number of Topliss-reactive ketones (excluding diaryl/α,β-unsaturated/α-hetero) is 1. The van der Waals surface area contributed by atoms with Crippen molar-refractivity contribution in [2.75, 3.05) is 19.6 Å². The average Bonchev–Trinajstić information content (AvgIpc) is 2.34. The lowest BCUT2D eigenvalue weighted by Crippen LogP contribution is -2.52. The monoisotopic (exact) mass is 295 g/mol. The van der Waals surface area contributed by atoms with Gasteiger partial charge < -0.3 is 4.74 Å². The highest BCUT2D eigenvalue weighted by Gasteiger charge is 2.31. The molecule has 0 aliphatic carbocycles. The minimum absolute atomic E-state index is 0.104. The Bertz CT molecular complexity index is 487. The van der Waals surface area contributed by atoms with Crippen LogP contribution in [0.2, 0.25) is 5.02 Å². The molecule has 0 aromatic heterocycles. The van der Waals surface area contributed by atoms with Crippen LogP contribution < -0.4 is 0 Å². The van der Waals surface area contributed by atoms with E-state index >= 15 is 0 Å². The fraction of sp³-hybridized carbons (Fsp3) is 0.562. The molecule has 0 radical (unpaired) electrons. The van der Waals surface area contributed by atoms with E-state index in [2.05, 4.69) is 25.7 Å². The summed E-state index contributed by atoms with van der Waals surface area (Å²) in [6, 6.07) is 7.23. The molecule has 1 heterocycles. The van der Waals surface area contributed by atoms with Crippen LogP contribution in [0.5, 0.6) is 0 Å². The van der Waals surface area contributed by atoms with E-state index in [0.717, 1.165) is 19.6 Å². The predicted octanol–water partition coefficient (Wildman–Crippen LogP) is 3.41. The third-order valence-electron chi connectivity index (χ3n) is 3.47. The lowest BCUT2D eigenvalue weighted by molar-refractivity contribution is -0.128. The molecular weight excluding hydrogens is 274 g/mol. The molecule has 0 spiro atoms. The molecule has 20 heavy (non-hydrogen) atoms. The first-order chi connectivity index (χ1) is 9.37. The fourth-order valence-electron chi connectivity index (χ4n) is 2.84. The first kappa shape index (κ1) is 15.5. The maximum atomic E-state index is 12.2. The van der Waals surface area contributed by atoms with Crippen molar-refractivity contribution in [1.82, 2.24) is 4.90 Å². The van der Waals surface area contributed by atoms with Crippen LogP contribution in [0.1, 0.15) is 37.6 Å². The summed E-state index contributed by atoms with van der Waals surface area (Å²) in [5.41, 5.74) is 0.472. The Morgan fingerprint density at radius 3 is 2.80 bits per heavy atom. The molecule has 4 heteroatoms. The van der Waals surface area contributed by atoms with Gasteiger partial charge in [0.2, 0.25) is 0 Å². The van der Waals surface area contributed by atoms with Gasteiger partial charge >= 0.3 is 0 Å². The maximum Gasteiger partial charge on any atom is 0.165 e. The van der Waals surface area contributed by atoms with Gasteiger partial charge in [0, 0.05) is 31.6 Å². The Morgan fingerprint density at radius 2 is 2.15 bits per heavy atom. The molecule has 1 atom stereocenters. The van der Waals surface area contributed by atoms with Crippen LogP contribution in [-0.2, 0) is 4.74 Å². The zero-order valence-corrected chi connectivity index (χ0v) is 13.1. The molecule has 1 unspecified atom stereocenters. The Labute approximate surface area is 125 Å². The smallest absolute Gasteiger partial charge is 0.165 e. The third kappa shape index (κ3) is 4.05. The van der Waals surface area contributed by atoms with Gasteiger partial charge in [0.1, 0.15) is 0 Å². The van der Waals surface area contributed by atoms with E-state index < -0.39 is 0 Å². The zero-order chi connectivity index (χ0) is 14.8. The van der Waals surface area contributed by atoms with Crippen molar-refractivity contribution in [1.29, 1.82) is 0 Å². The minimum atomic E-state index is -0.148. The van der Waals surface area contributed by atoms with Crippen molar-refractivity contribution < 1.29 is 9.53 Å². The summed E-state index contributed by atoms with van der Waals surface area (Å²) >= 11 is 6.05. The first-order valence-electron chi connectivity index (χ1n) is 7.05. The van der Waals surface area contributed by atoms with Gasteiger partial charge in [0.15, 0.2) is 5.78 Å². The number of carbonyl (C=O) groups excluding carboxylic acids is 1.